The molecule has 1 unspecified atom stereocenters. The maximum atomic E-state index is 12.7. The van der Waals surface area contributed by atoms with Gasteiger partial charge in [-0.15, -0.1) is 12.4 Å². The molecule has 0 aliphatic carbocycles. The number of hydrogen-bond donors (Lipinski definition) is 1. The number of amides is 1. The van der Waals surface area contributed by atoms with Crippen molar-refractivity contribution in [3.63, 3.8) is 0 Å². The van der Waals surface area contributed by atoms with Gasteiger partial charge in [-0.25, -0.2) is 4.39 Å². The van der Waals surface area contributed by atoms with Crippen molar-refractivity contribution in [3.05, 3.63) is 35.6 Å². The number of rotatable bonds is 6. The van der Waals surface area contributed by atoms with Crippen molar-refractivity contribution in [2.24, 2.45) is 5.73 Å². The predicted molar refractivity (Wildman–Crippen MR) is 78.5 cm³/mol. The summed E-state index contributed by atoms with van der Waals surface area (Å²) in [6, 6.07) is 5.27. The molecule has 1 rings (SSSR count). The van der Waals surface area contributed by atoms with Gasteiger partial charge in [0.05, 0.1) is 0 Å². The average Bonchev–Trinajstić information content (AvgIpc) is 2.43. The van der Waals surface area contributed by atoms with Crippen molar-refractivity contribution in [3.8, 4) is 0 Å². The number of carbonyl (C=O) groups is 2. The summed E-state index contributed by atoms with van der Waals surface area (Å²) in [5, 5.41) is 0. The van der Waals surface area contributed by atoms with E-state index in [2.05, 4.69) is 0 Å². The third-order valence-corrected chi connectivity index (χ3v) is 3.13. The molecule has 20 heavy (non-hydrogen) atoms. The van der Waals surface area contributed by atoms with Crippen molar-refractivity contribution < 1.29 is 14.0 Å². The van der Waals surface area contributed by atoms with Crippen LogP contribution in [0.1, 0.15) is 30.1 Å². The molecule has 0 aliphatic heterocycles. The normalized spacial score (nSPS) is 11.4. The van der Waals surface area contributed by atoms with Crippen LogP contribution in [0, 0.1) is 5.82 Å². The van der Waals surface area contributed by atoms with E-state index in [0.717, 1.165) is 0 Å². The molecule has 0 saturated carbocycles. The van der Waals surface area contributed by atoms with E-state index in [1.165, 1.54) is 29.2 Å². The van der Waals surface area contributed by atoms with Crippen LogP contribution in [0.4, 0.5) is 4.39 Å². The number of Topliss-reactive ketones (excluding diaryl/α,β-unsaturated/α-hetero) is 1. The van der Waals surface area contributed by atoms with E-state index in [1.54, 1.807) is 7.05 Å². The Morgan fingerprint density at radius 2 is 1.80 bits per heavy atom. The zero-order chi connectivity index (χ0) is 14.4. The van der Waals surface area contributed by atoms with E-state index >= 15 is 0 Å². The Hall–Kier alpha value is -1.46. The second-order valence-corrected chi connectivity index (χ2v) is 4.52. The second kappa shape index (κ2) is 8.66. The van der Waals surface area contributed by atoms with Gasteiger partial charge < -0.3 is 10.6 Å². The smallest absolute Gasteiger partial charge is 0.223 e. The standard InChI is InChI=1S/C14H19FN2O2.ClH/c1-10(9-16)17(2)14(19)8-7-13(18)11-3-5-12(15)6-4-11;/h3-6,10H,7-9,16H2,1-2H3;1H. The lowest BCUT2D eigenvalue weighted by molar-refractivity contribution is -0.131. The Kier molecular flexibility index (Phi) is 8.03. The van der Waals surface area contributed by atoms with Gasteiger partial charge in [0.2, 0.25) is 5.91 Å². The third-order valence-electron chi connectivity index (χ3n) is 3.13. The van der Waals surface area contributed by atoms with E-state index < -0.39 is 0 Å². The molecule has 0 bridgehead atoms. The molecule has 4 nitrogen and oxygen atoms in total. The molecule has 0 aromatic heterocycles. The molecule has 112 valence electrons. The lowest BCUT2D eigenvalue weighted by Gasteiger charge is -2.23. The van der Waals surface area contributed by atoms with Crippen LogP contribution in [0.3, 0.4) is 0 Å². The van der Waals surface area contributed by atoms with Gasteiger partial charge in [0, 0.05) is 38.0 Å². The molecule has 0 fully saturated rings. The quantitative estimate of drug-likeness (QED) is 0.818. The van der Waals surface area contributed by atoms with E-state index in [0.29, 0.717) is 12.1 Å². The van der Waals surface area contributed by atoms with Gasteiger partial charge in [-0.1, -0.05) is 0 Å². The van der Waals surface area contributed by atoms with Crippen LogP contribution in [-0.4, -0.2) is 36.2 Å². The number of likely N-dealkylation sites (N-methyl/N-ethyl adjacent to an activating group) is 1. The van der Waals surface area contributed by atoms with E-state index in [1.807, 2.05) is 6.92 Å². The fourth-order valence-electron chi connectivity index (χ4n) is 1.58. The van der Waals surface area contributed by atoms with Crippen LogP contribution in [0.15, 0.2) is 24.3 Å². The molecule has 0 heterocycles. The number of ketones is 1. The summed E-state index contributed by atoms with van der Waals surface area (Å²) in [4.78, 5) is 25.1. The Bertz CT molecular complexity index is 451. The first kappa shape index (κ1) is 18.5. The maximum Gasteiger partial charge on any atom is 0.223 e. The lowest BCUT2D eigenvalue weighted by Crippen LogP contribution is -2.39. The zero-order valence-electron chi connectivity index (χ0n) is 11.6. The molecule has 1 aromatic rings. The van der Waals surface area contributed by atoms with Gasteiger partial charge in [0.1, 0.15) is 5.82 Å². The minimum atomic E-state index is -0.385. The first-order valence-electron chi connectivity index (χ1n) is 6.20. The number of nitrogens with zero attached hydrogens (tertiary/aromatic N) is 1. The number of carbonyl (C=O) groups excluding carboxylic acids is 2. The molecule has 6 heteroatoms. The number of halogens is 2. The van der Waals surface area contributed by atoms with Gasteiger partial charge in [0.15, 0.2) is 5.78 Å². The van der Waals surface area contributed by atoms with Crippen LogP contribution in [0.25, 0.3) is 0 Å². The summed E-state index contributed by atoms with van der Waals surface area (Å²) in [7, 11) is 1.67. The summed E-state index contributed by atoms with van der Waals surface area (Å²) < 4.78 is 12.7. The highest BCUT2D eigenvalue weighted by Gasteiger charge is 2.16. The third kappa shape index (κ3) is 5.27. The van der Waals surface area contributed by atoms with Crippen LogP contribution in [0.2, 0.25) is 0 Å². The largest absolute Gasteiger partial charge is 0.342 e. The zero-order valence-corrected chi connectivity index (χ0v) is 12.5. The van der Waals surface area contributed by atoms with Gasteiger partial charge in [0.25, 0.3) is 0 Å². The Morgan fingerprint density at radius 1 is 1.25 bits per heavy atom. The van der Waals surface area contributed by atoms with Crippen LogP contribution in [-0.2, 0) is 4.79 Å². The average molecular weight is 303 g/mol. The minimum absolute atomic E-state index is 0. The number of hydrogen-bond acceptors (Lipinski definition) is 3. The van der Waals surface area contributed by atoms with E-state index in [-0.39, 0.29) is 48.8 Å². The maximum absolute atomic E-state index is 12.7. The van der Waals surface area contributed by atoms with Gasteiger partial charge >= 0.3 is 0 Å². The molecule has 0 saturated heterocycles. The van der Waals surface area contributed by atoms with Crippen molar-refractivity contribution in [2.75, 3.05) is 13.6 Å². The van der Waals surface area contributed by atoms with E-state index in [9.17, 15) is 14.0 Å². The van der Waals surface area contributed by atoms with Crippen molar-refractivity contribution in [2.45, 2.75) is 25.8 Å². The molecule has 2 N–H and O–H groups in total. The van der Waals surface area contributed by atoms with Crippen molar-refractivity contribution in [1.29, 1.82) is 0 Å². The Balaban J connectivity index is 0.00000361. The highest BCUT2D eigenvalue weighted by atomic mass is 35.5. The summed E-state index contributed by atoms with van der Waals surface area (Å²) in [5.41, 5.74) is 5.90. The molecule has 0 radical (unpaired) electrons. The summed E-state index contributed by atoms with van der Waals surface area (Å²) in [6.45, 7) is 2.23. The topological polar surface area (TPSA) is 63.4 Å². The van der Waals surface area contributed by atoms with Crippen LogP contribution in [0.5, 0.6) is 0 Å². The highest BCUT2D eigenvalue weighted by molar-refractivity contribution is 5.97. The fraction of sp³-hybridized carbons (Fsp3) is 0.429. The lowest BCUT2D eigenvalue weighted by atomic mass is 10.1. The van der Waals surface area contributed by atoms with Crippen molar-refractivity contribution in [1.82, 2.24) is 4.90 Å². The number of benzene rings is 1. The fourth-order valence-corrected chi connectivity index (χ4v) is 1.58. The Labute approximate surface area is 124 Å². The SMILES string of the molecule is CC(CN)N(C)C(=O)CCC(=O)c1ccc(F)cc1.Cl. The molecule has 1 atom stereocenters. The summed E-state index contributed by atoms with van der Waals surface area (Å²) in [5.74, 6) is -0.667. The Morgan fingerprint density at radius 3 is 2.30 bits per heavy atom. The monoisotopic (exact) mass is 302 g/mol. The van der Waals surface area contributed by atoms with Gasteiger partial charge in [-0.3, -0.25) is 9.59 Å². The van der Waals surface area contributed by atoms with Gasteiger partial charge in [-0.05, 0) is 31.2 Å². The summed E-state index contributed by atoms with van der Waals surface area (Å²) in [6.07, 6.45) is 0.253. The first-order valence-corrected chi connectivity index (χ1v) is 6.20. The van der Waals surface area contributed by atoms with Crippen molar-refractivity contribution >= 4 is 24.1 Å². The molecular formula is C14H20ClFN2O2. The molecule has 0 aliphatic rings. The number of nitrogens with two attached hydrogens (primary N) is 1. The first-order chi connectivity index (χ1) is 8.95. The second-order valence-electron chi connectivity index (χ2n) is 4.52. The molecular weight excluding hydrogens is 283 g/mol. The van der Waals surface area contributed by atoms with Crippen LogP contribution >= 0.6 is 12.4 Å². The summed E-state index contributed by atoms with van der Waals surface area (Å²) >= 11 is 0. The van der Waals surface area contributed by atoms with Crippen LogP contribution < -0.4 is 5.73 Å². The molecule has 1 aromatic carbocycles. The molecule has 1 amide bonds. The highest BCUT2D eigenvalue weighted by Crippen LogP contribution is 2.09. The molecule has 0 spiro atoms. The predicted octanol–water partition coefficient (Wildman–Crippen LogP) is 2.02. The van der Waals surface area contributed by atoms with Gasteiger partial charge in [-0.2, -0.15) is 0 Å². The minimum Gasteiger partial charge on any atom is -0.342 e. The van der Waals surface area contributed by atoms with E-state index in [4.69, 9.17) is 5.73 Å².